The summed E-state index contributed by atoms with van der Waals surface area (Å²) >= 11 is 2.11. The average Bonchev–Trinajstić information content (AvgIpc) is 2.94. The van der Waals surface area contributed by atoms with Gasteiger partial charge in [-0.2, -0.15) is 0 Å². The van der Waals surface area contributed by atoms with Crippen molar-refractivity contribution in [3.63, 3.8) is 0 Å². The molecule has 1 aliphatic carbocycles. The van der Waals surface area contributed by atoms with Crippen molar-refractivity contribution < 1.29 is 14.7 Å². The van der Waals surface area contributed by atoms with Crippen molar-refractivity contribution >= 4 is 34.9 Å². The van der Waals surface area contributed by atoms with Crippen LogP contribution in [0.3, 0.4) is 0 Å². The number of urea groups is 1. The summed E-state index contributed by atoms with van der Waals surface area (Å²) in [7, 11) is 4.25. The minimum Gasteiger partial charge on any atom is -0.480 e. The van der Waals surface area contributed by atoms with Gasteiger partial charge in [0.1, 0.15) is 6.54 Å². The van der Waals surface area contributed by atoms with E-state index in [0.717, 1.165) is 25.7 Å². The monoisotopic (exact) mass is 514 g/mol. The van der Waals surface area contributed by atoms with E-state index in [9.17, 15) is 14.7 Å². The zero-order valence-corrected chi connectivity index (χ0v) is 19.6. The van der Waals surface area contributed by atoms with Crippen molar-refractivity contribution in [1.29, 1.82) is 0 Å². The molecule has 1 aromatic rings. The summed E-state index contributed by atoms with van der Waals surface area (Å²) in [4.78, 5) is 30.1. The second kappa shape index (κ2) is 8.77. The number of hydrogen-bond acceptors (Lipinski definition) is 4. The van der Waals surface area contributed by atoms with Crippen LogP contribution in [0.4, 0.5) is 4.79 Å². The number of rotatable bonds is 7. The maximum absolute atomic E-state index is 13.1. The molecule has 2 amide bonds. The van der Waals surface area contributed by atoms with Crippen LogP contribution in [0.1, 0.15) is 38.2 Å². The van der Waals surface area contributed by atoms with Gasteiger partial charge in [-0.25, -0.2) is 4.79 Å². The number of hydrogen-bond donors (Lipinski definition) is 2. The Balaban J connectivity index is 1.88. The fourth-order valence-corrected chi connectivity index (χ4v) is 5.25. The number of nitrogens with zero attached hydrogens (tertiary/aromatic N) is 3. The Hall–Kier alpha value is -1.39. The van der Waals surface area contributed by atoms with E-state index >= 15 is 0 Å². The third kappa shape index (κ3) is 4.25. The van der Waals surface area contributed by atoms with Crippen LogP contribution in [0, 0.1) is 0 Å². The quantitative estimate of drug-likeness (QED) is 0.433. The van der Waals surface area contributed by atoms with Crippen molar-refractivity contribution in [2.24, 2.45) is 0 Å². The Bertz CT molecular complexity index is 735. The number of carboxylic acids is 1. The van der Waals surface area contributed by atoms with Crippen molar-refractivity contribution in [2.75, 3.05) is 33.7 Å². The molecule has 2 fully saturated rings. The molecule has 8 heteroatoms. The minimum atomic E-state index is -0.960. The van der Waals surface area contributed by atoms with Crippen LogP contribution >= 0.6 is 22.9 Å². The van der Waals surface area contributed by atoms with E-state index in [0.29, 0.717) is 13.1 Å². The van der Waals surface area contributed by atoms with Gasteiger partial charge in [-0.05, 0) is 52.3 Å². The molecule has 0 bridgehead atoms. The molecule has 0 radical (unpaired) electrons. The molecule has 1 atom stereocenters. The highest BCUT2D eigenvalue weighted by atomic mass is 127. The van der Waals surface area contributed by atoms with Crippen LogP contribution < -0.4 is 3.53 Å². The molecule has 1 aromatic carbocycles. The summed E-state index contributed by atoms with van der Waals surface area (Å²) in [6.45, 7) is 2.88. The molecular weight excluding hydrogens is 483 g/mol. The second-order valence-corrected chi connectivity index (χ2v) is 9.29. The first kappa shape index (κ1) is 22.3. The van der Waals surface area contributed by atoms with Crippen LogP contribution in [0.2, 0.25) is 0 Å². The number of amides is 2. The Morgan fingerprint density at radius 2 is 1.86 bits per heavy atom. The highest BCUT2D eigenvalue weighted by Crippen LogP contribution is 2.48. The molecule has 1 saturated carbocycles. The van der Waals surface area contributed by atoms with Crippen LogP contribution in [-0.4, -0.2) is 77.1 Å². The maximum atomic E-state index is 13.1. The maximum Gasteiger partial charge on any atom is 0.323 e. The number of benzene rings is 1. The van der Waals surface area contributed by atoms with Gasteiger partial charge in [0.15, 0.2) is 0 Å². The molecule has 0 aromatic heterocycles. The van der Waals surface area contributed by atoms with E-state index in [-0.39, 0.29) is 29.7 Å². The second-order valence-electron chi connectivity index (χ2n) is 8.67. The molecule has 2 aliphatic rings. The zero-order valence-electron chi connectivity index (χ0n) is 17.4. The van der Waals surface area contributed by atoms with E-state index in [1.54, 1.807) is 0 Å². The lowest BCUT2D eigenvalue weighted by atomic mass is 9.68. The normalized spacial score (nSPS) is 28.4. The van der Waals surface area contributed by atoms with Gasteiger partial charge in [-0.3, -0.25) is 13.2 Å². The van der Waals surface area contributed by atoms with E-state index in [4.69, 9.17) is 0 Å². The Morgan fingerprint density at radius 1 is 1.24 bits per heavy atom. The van der Waals surface area contributed by atoms with Gasteiger partial charge in [-0.1, -0.05) is 30.3 Å². The molecule has 1 aliphatic heterocycles. The Kier molecular flexibility index (Phi) is 6.74. The van der Waals surface area contributed by atoms with Crippen LogP contribution in [0.15, 0.2) is 30.3 Å². The average molecular weight is 514 g/mol. The van der Waals surface area contributed by atoms with Crippen molar-refractivity contribution in [2.45, 2.75) is 49.7 Å². The highest BCUT2D eigenvalue weighted by Gasteiger charge is 2.54. The topological polar surface area (TPSA) is 76.1 Å². The third-order valence-electron chi connectivity index (χ3n) is 6.70. The molecule has 1 spiro atoms. The third-order valence-corrected chi connectivity index (χ3v) is 7.77. The lowest BCUT2D eigenvalue weighted by Gasteiger charge is -2.51. The summed E-state index contributed by atoms with van der Waals surface area (Å²) in [5.41, 5.74) is 0.942. The molecule has 1 heterocycles. The lowest BCUT2D eigenvalue weighted by molar-refractivity contribution is -0.137. The van der Waals surface area contributed by atoms with Gasteiger partial charge in [0.2, 0.25) is 0 Å². The van der Waals surface area contributed by atoms with E-state index in [2.05, 4.69) is 69.7 Å². The number of nitrogens with one attached hydrogen (secondary N) is 1. The van der Waals surface area contributed by atoms with Crippen LogP contribution in [-0.2, 0) is 10.3 Å². The van der Waals surface area contributed by atoms with Crippen LogP contribution in [0.5, 0.6) is 0 Å². The SMILES string of the molecule is CC(CN1C(=O)N(CC(=O)O)CC12CCC(c1ccccc1)(N(C)C)CC2)NI. The summed E-state index contributed by atoms with van der Waals surface area (Å²) in [6.07, 6.45) is 3.58. The molecule has 29 heavy (non-hydrogen) atoms. The van der Waals surface area contributed by atoms with Gasteiger partial charge < -0.3 is 14.9 Å². The summed E-state index contributed by atoms with van der Waals surface area (Å²) < 4.78 is 3.18. The van der Waals surface area contributed by atoms with Crippen molar-refractivity contribution in [3.05, 3.63) is 35.9 Å². The first-order valence-electron chi connectivity index (χ1n) is 10.1. The Labute approximate surface area is 186 Å². The highest BCUT2D eigenvalue weighted by molar-refractivity contribution is 14.1. The first-order chi connectivity index (χ1) is 13.7. The summed E-state index contributed by atoms with van der Waals surface area (Å²) in [5, 5.41) is 9.26. The molecule has 1 unspecified atom stereocenters. The number of halogens is 1. The van der Waals surface area contributed by atoms with Crippen LogP contribution in [0.25, 0.3) is 0 Å². The predicted molar refractivity (Wildman–Crippen MR) is 121 cm³/mol. The molecular formula is C21H31IN4O3. The lowest BCUT2D eigenvalue weighted by Crippen LogP contribution is -2.57. The smallest absolute Gasteiger partial charge is 0.323 e. The van der Waals surface area contributed by atoms with Crippen molar-refractivity contribution in [1.82, 2.24) is 18.2 Å². The van der Waals surface area contributed by atoms with Gasteiger partial charge in [0.25, 0.3) is 0 Å². The van der Waals surface area contributed by atoms with E-state index < -0.39 is 5.97 Å². The standard InChI is InChI=1S/C21H31IN4O3/c1-16(23-22)13-26-19(29)25(14-18(27)28)15-20(26)9-11-21(12-10-20,24(2)3)17-7-5-4-6-8-17/h4-8,16,23H,9-15H2,1-3H3,(H,27,28). The van der Waals surface area contributed by atoms with Gasteiger partial charge in [-0.15, -0.1) is 0 Å². The summed E-state index contributed by atoms with van der Waals surface area (Å²) in [6, 6.07) is 10.6. The minimum absolute atomic E-state index is 0.0609. The fourth-order valence-electron chi connectivity index (χ4n) is 5.05. The number of carbonyl (C=O) groups is 2. The van der Waals surface area contributed by atoms with Gasteiger partial charge >= 0.3 is 12.0 Å². The van der Waals surface area contributed by atoms with E-state index in [1.165, 1.54) is 10.5 Å². The van der Waals surface area contributed by atoms with E-state index in [1.807, 2.05) is 17.9 Å². The molecule has 2 N–H and O–H groups in total. The molecule has 1 saturated heterocycles. The number of carboxylic acid groups (broad SMARTS) is 1. The molecule has 3 rings (SSSR count). The summed E-state index contributed by atoms with van der Waals surface area (Å²) in [5.74, 6) is -0.960. The largest absolute Gasteiger partial charge is 0.480 e. The zero-order chi connectivity index (χ0) is 21.2. The number of carbonyl (C=O) groups excluding carboxylic acids is 1. The van der Waals surface area contributed by atoms with Gasteiger partial charge in [0, 0.05) is 47.5 Å². The Morgan fingerprint density at radius 3 is 2.38 bits per heavy atom. The van der Waals surface area contributed by atoms with Gasteiger partial charge in [0.05, 0.1) is 5.54 Å². The van der Waals surface area contributed by atoms with Crippen molar-refractivity contribution in [3.8, 4) is 0 Å². The fraction of sp³-hybridized carbons (Fsp3) is 0.619. The first-order valence-corrected chi connectivity index (χ1v) is 11.2. The molecule has 160 valence electrons. The molecule has 7 nitrogen and oxygen atoms in total. The predicted octanol–water partition coefficient (Wildman–Crippen LogP) is 2.91. The number of aliphatic carboxylic acids is 1.